The second-order valence-corrected chi connectivity index (χ2v) is 8.27. The Bertz CT molecular complexity index is 1260. The van der Waals surface area contributed by atoms with Crippen LogP contribution in [0.4, 0.5) is 0 Å². The molecule has 1 aliphatic rings. The van der Waals surface area contributed by atoms with Crippen molar-refractivity contribution in [3.63, 3.8) is 0 Å². The minimum atomic E-state index is -0.709. The van der Waals surface area contributed by atoms with E-state index in [1.54, 1.807) is 20.3 Å². The number of H-pyrrole nitrogens is 1. The smallest absolute Gasteiger partial charge is 0.295 e. The van der Waals surface area contributed by atoms with Gasteiger partial charge in [0, 0.05) is 48.5 Å². The summed E-state index contributed by atoms with van der Waals surface area (Å²) < 4.78 is 10.5. The third-order valence-electron chi connectivity index (χ3n) is 6.20. The lowest BCUT2D eigenvalue weighted by Crippen LogP contribution is -2.31. The van der Waals surface area contributed by atoms with Gasteiger partial charge in [-0.1, -0.05) is 18.2 Å². The van der Waals surface area contributed by atoms with Crippen molar-refractivity contribution in [3.05, 3.63) is 70.4 Å². The Morgan fingerprint density at radius 1 is 1.12 bits per heavy atom. The fourth-order valence-electron chi connectivity index (χ4n) is 4.54. The van der Waals surface area contributed by atoms with Crippen LogP contribution >= 0.6 is 0 Å². The quantitative estimate of drug-likeness (QED) is 0.244. The van der Waals surface area contributed by atoms with E-state index >= 15 is 0 Å². The SMILES string of the molecule is COCCCN1C(=O)C(=O)/C(=C(/O)c2cc(C)c(OC)cc2C)C1c1c[nH]c2ccccc12. The predicted molar refractivity (Wildman–Crippen MR) is 126 cm³/mol. The second-order valence-electron chi connectivity index (χ2n) is 8.27. The number of aliphatic hydroxyl groups is 1. The van der Waals surface area contributed by atoms with Crippen LogP contribution in [0.25, 0.3) is 16.7 Å². The van der Waals surface area contributed by atoms with Gasteiger partial charge in [-0.3, -0.25) is 9.59 Å². The zero-order valence-corrected chi connectivity index (χ0v) is 19.3. The van der Waals surface area contributed by atoms with Gasteiger partial charge in [0.2, 0.25) is 0 Å². The van der Waals surface area contributed by atoms with Crippen molar-refractivity contribution >= 4 is 28.4 Å². The number of Topliss-reactive ketones (excluding diaryl/α,β-unsaturated/α-hetero) is 1. The van der Waals surface area contributed by atoms with E-state index in [1.165, 1.54) is 4.90 Å². The first-order valence-corrected chi connectivity index (χ1v) is 10.9. The number of para-hydroxylation sites is 1. The highest BCUT2D eigenvalue weighted by Gasteiger charge is 2.46. The highest BCUT2D eigenvalue weighted by molar-refractivity contribution is 6.46. The Balaban J connectivity index is 1.92. The summed E-state index contributed by atoms with van der Waals surface area (Å²) in [6.07, 6.45) is 2.38. The van der Waals surface area contributed by atoms with E-state index in [2.05, 4.69) is 4.98 Å². The average molecular weight is 449 g/mol. The first-order chi connectivity index (χ1) is 15.9. The van der Waals surface area contributed by atoms with Gasteiger partial charge in [-0.05, 0) is 49.6 Å². The number of ketones is 1. The number of rotatable bonds is 7. The standard InChI is InChI=1S/C26H28N2O5/c1-15-13-21(33-4)16(2)12-18(15)24(29)22-23(19-14-27-20-9-6-5-8-17(19)20)28(10-7-11-32-3)26(31)25(22)30/h5-6,8-9,12-14,23,27,29H,7,10-11H2,1-4H3/b24-22+. The van der Waals surface area contributed by atoms with Crippen molar-refractivity contribution < 1.29 is 24.2 Å². The van der Waals surface area contributed by atoms with Crippen molar-refractivity contribution in [2.45, 2.75) is 26.3 Å². The molecule has 2 aromatic carbocycles. The molecule has 33 heavy (non-hydrogen) atoms. The number of hydrogen-bond donors (Lipinski definition) is 2. The topological polar surface area (TPSA) is 91.9 Å². The zero-order valence-electron chi connectivity index (χ0n) is 19.3. The number of aryl methyl sites for hydroxylation is 2. The van der Waals surface area contributed by atoms with E-state index in [9.17, 15) is 14.7 Å². The Labute approximate surface area is 192 Å². The first kappa shape index (κ1) is 22.6. The van der Waals surface area contributed by atoms with Crippen LogP contribution in [0, 0.1) is 13.8 Å². The molecular formula is C26H28N2O5. The molecule has 3 aromatic rings. The molecular weight excluding hydrogens is 420 g/mol. The molecule has 2 heterocycles. The summed E-state index contributed by atoms with van der Waals surface area (Å²) in [5.41, 5.74) is 3.84. The van der Waals surface area contributed by atoms with Gasteiger partial charge in [-0.15, -0.1) is 0 Å². The van der Waals surface area contributed by atoms with Crippen molar-refractivity contribution in [1.29, 1.82) is 0 Å². The second kappa shape index (κ2) is 9.11. The summed E-state index contributed by atoms with van der Waals surface area (Å²) in [7, 11) is 3.18. The number of amides is 1. The molecule has 0 saturated carbocycles. The number of carbonyl (C=O) groups is 2. The highest BCUT2D eigenvalue weighted by atomic mass is 16.5. The molecule has 1 fully saturated rings. The number of nitrogens with zero attached hydrogens (tertiary/aromatic N) is 1. The Morgan fingerprint density at radius 2 is 1.88 bits per heavy atom. The van der Waals surface area contributed by atoms with Crippen LogP contribution in [0.5, 0.6) is 5.75 Å². The maximum Gasteiger partial charge on any atom is 0.295 e. The molecule has 7 nitrogen and oxygen atoms in total. The number of nitrogens with one attached hydrogen (secondary N) is 1. The number of aromatic nitrogens is 1. The van der Waals surface area contributed by atoms with Gasteiger partial charge in [0.05, 0.1) is 18.7 Å². The van der Waals surface area contributed by atoms with E-state index in [0.29, 0.717) is 30.9 Å². The summed E-state index contributed by atoms with van der Waals surface area (Å²) in [6, 6.07) is 10.6. The van der Waals surface area contributed by atoms with Gasteiger partial charge >= 0.3 is 0 Å². The zero-order chi connectivity index (χ0) is 23.7. The molecule has 172 valence electrons. The molecule has 1 amide bonds. The third kappa shape index (κ3) is 3.89. The molecule has 4 rings (SSSR count). The predicted octanol–water partition coefficient (Wildman–Crippen LogP) is 4.25. The molecule has 0 aliphatic carbocycles. The monoisotopic (exact) mass is 448 g/mol. The summed E-state index contributed by atoms with van der Waals surface area (Å²) in [6.45, 7) is 4.50. The maximum atomic E-state index is 13.2. The number of hydrogen-bond acceptors (Lipinski definition) is 5. The molecule has 0 radical (unpaired) electrons. The minimum Gasteiger partial charge on any atom is -0.507 e. The van der Waals surface area contributed by atoms with Gasteiger partial charge in [-0.25, -0.2) is 0 Å². The number of fused-ring (bicyclic) bond motifs is 1. The maximum absolute atomic E-state index is 13.2. The van der Waals surface area contributed by atoms with E-state index in [0.717, 1.165) is 27.6 Å². The molecule has 0 spiro atoms. The lowest BCUT2D eigenvalue weighted by Gasteiger charge is -2.25. The van der Waals surface area contributed by atoms with Crippen LogP contribution in [-0.2, 0) is 14.3 Å². The molecule has 1 unspecified atom stereocenters. The lowest BCUT2D eigenvalue weighted by atomic mass is 9.93. The molecule has 2 N–H and O–H groups in total. The number of likely N-dealkylation sites (tertiary alicyclic amines) is 1. The lowest BCUT2D eigenvalue weighted by molar-refractivity contribution is -0.140. The molecule has 1 aliphatic heterocycles. The molecule has 7 heteroatoms. The van der Waals surface area contributed by atoms with Crippen molar-refractivity contribution in [2.75, 3.05) is 27.4 Å². The van der Waals surface area contributed by atoms with Crippen LogP contribution in [0.15, 0.2) is 48.2 Å². The van der Waals surface area contributed by atoms with E-state index in [1.807, 2.05) is 50.4 Å². The van der Waals surface area contributed by atoms with Crippen LogP contribution in [-0.4, -0.2) is 54.1 Å². The first-order valence-electron chi connectivity index (χ1n) is 10.9. The summed E-state index contributed by atoms with van der Waals surface area (Å²) in [4.78, 5) is 31.1. The fraction of sp³-hybridized carbons (Fsp3) is 0.308. The number of aliphatic hydroxyl groups excluding tert-OH is 1. The van der Waals surface area contributed by atoms with E-state index in [4.69, 9.17) is 9.47 Å². The summed E-state index contributed by atoms with van der Waals surface area (Å²) >= 11 is 0. The average Bonchev–Trinajstić information content (AvgIpc) is 3.34. The Kier molecular flexibility index (Phi) is 6.24. The third-order valence-corrected chi connectivity index (χ3v) is 6.20. The van der Waals surface area contributed by atoms with Crippen LogP contribution in [0.3, 0.4) is 0 Å². The highest BCUT2D eigenvalue weighted by Crippen LogP contribution is 2.42. The van der Waals surface area contributed by atoms with E-state index < -0.39 is 17.7 Å². The summed E-state index contributed by atoms with van der Waals surface area (Å²) in [5.74, 6) is -0.794. The van der Waals surface area contributed by atoms with Crippen LogP contribution < -0.4 is 4.74 Å². The van der Waals surface area contributed by atoms with Crippen LogP contribution in [0.2, 0.25) is 0 Å². The molecule has 1 aromatic heterocycles. The number of methoxy groups -OCH3 is 2. The van der Waals surface area contributed by atoms with Gasteiger partial charge in [-0.2, -0.15) is 0 Å². The molecule has 1 atom stereocenters. The van der Waals surface area contributed by atoms with Crippen molar-refractivity contribution in [3.8, 4) is 5.75 Å². The Morgan fingerprint density at radius 3 is 2.61 bits per heavy atom. The number of ether oxygens (including phenoxy) is 2. The number of carbonyl (C=O) groups excluding carboxylic acids is 2. The number of benzene rings is 2. The van der Waals surface area contributed by atoms with Crippen molar-refractivity contribution in [1.82, 2.24) is 9.88 Å². The normalized spacial score (nSPS) is 17.8. The minimum absolute atomic E-state index is 0.0924. The molecule has 0 bridgehead atoms. The van der Waals surface area contributed by atoms with Gasteiger partial charge in [0.15, 0.2) is 0 Å². The van der Waals surface area contributed by atoms with E-state index in [-0.39, 0.29) is 11.3 Å². The van der Waals surface area contributed by atoms with Gasteiger partial charge in [0.1, 0.15) is 11.5 Å². The summed E-state index contributed by atoms with van der Waals surface area (Å²) in [5, 5.41) is 12.3. The Hall–Kier alpha value is -3.58. The van der Waals surface area contributed by atoms with Gasteiger partial charge < -0.3 is 24.5 Å². The molecule has 1 saturated heterocycles. The van der Waals surface area contributed by atoms with Gasteiger partial charge in [0.25, 0.3) is 11.7 Å². The fourth-order valence-corrected chi connectivity index (χ4v) is 4.54. The van der Waals surface area contributed by atoms with Crippen molar-refractivity contribution in [2.24, 2.45) is 0 Å². The number of aromatic amines is 1. The van der Waals surface area contributed by atoms with Crippen LogP contribution in [0.1, 0.15) is 34.7 Å². The largest absolute Gasteiger partial charge is 0.507 e.